The third-order valence-corrected chi connectivity index (χ3v) is 6.68. The zero-order chi connectivity index (χ0) is 22.8. The smallest absolute Gasteiger partial charge is 0.273 e. The van der Waals surface area contributed by atoms with Crippen molar-refractivity contribution >= 4 is 29.0 Å². The van der Waals surface area contributed by atoms with Gasteiger partial charge in [-0.15, -0.1) is 0 Å². The molecular formula is C22H20N4O5S. The maximum atomic E-state index is 13.1. The molecule has 0 radical (unpaired) electrons. The number of rotatable bonds is 5. The zero-order valence-corrected chi connectivity index (χ0v) is 18.3. The number of nitro groups is 1. The number of amides is 1. The quantitative estimate of drug-likeness (QED) is 0.497. The van der Waals surface area contributed by atoms with Crippen LogP contribution in [-0.2, 0) is 4.79 Å². The highest BCUT2D eigenvalue weighted by molar-refractivity contribution is 8.03. The summed E-state index contributed by atoms with van der Waals surface area (Å²) < 4.78 is 10.7. The summed E-state index contributed by atoms with van der Waals surface area (Å²) in [5.41, 5.74) is 1.48. The van der Waals surface area contributed by atoms with Crippen LogP contribution in [0.2, 0.25) is 0 Å². The molecule has 2 heterocycles. The average molecular weight is 452 g/mol. The number of hydrogen-bond acceptors (Lipinski definition) is 8. The molecule has 1 saturated heterocycles. The summed E-state index contributed by atoms with van der Waals surface area (Å²) in [5, 5.41) is 22.0. The van der Waals surface area contributed by atoms with Crippen molar-refractivity contribution in [2.45, 2.75) is 12.3 Å². The number of fused-ring (bicyclic) bond motifs is 1. The lowest BCUT2D eigenvalue weighted by atomic mass is 9.85. The molecule has 32 heavy (non-hydrogen) atoms. The Morgan fingerprint density at radius 3 is 2.69 bits per heavy atom. The molecule has 2 aromatic rings. The van der Waals surface area contributed by atoms with E-state index in [0.29, 0.717) is 33.5 Å². The highest BCUT2D eigenvalue weighted by Crippen LogP contribution is 2.46. The number of allylic oxidation sites excluding steroid dienone is 1. The van der Waals surface area contributed by atoms with E-state index >= 15 is 0 Å². The van der Waals surface area contributed by atoms with Crippen molar-refractivity contribution in [3.63, 3.8) is 0 Å². The molecule has 4 rings (SSSR count). The van der Waals surface area contributed by atoms with Gasteiger partial charge in [0.1, 0.15) is 11.5 Å². The fourth-order valence-electron chi connectivity index (χ4n) is 3.98. The number of benzene rings is 2. The Morgan fingerprint density at radius 1 is 1.22 bits per heavy atom. The largest absolute Gasteiger partial charge is 0.497 e. The Hall–Kier alpha value is -3.71. The van der Waals surface area contributed by atoms with E-state index in [2.05, 4.69) is 6.07 Å². The van der Waals surface area contributed by atoms with Crippen molar-refractivity contribution < 1.29 is 19.2 Å². The van der Waals surface area contributed by atoms with Crippen LogP contribution < -0.4 is 14.4 Å². The van der Waals surface area contributed by atoms with Crippen molar-refractivity contribution in [2.75, 3.05) is 31.7 Å². The fraction of sp³-hybridized carbons (Fsp3) is 0.273. The SMILES string of the molecule is COc1ccc(N2CSC3=C(C#N)C(c4ccccc4[N+](=O)[O-])CC(=O)N3C2)c(OC)c1. The first kappa shape index (κ1) is 21.5. The molecule has 0 bridgehead atoms. The average Bonchev–Trinajstić information content (AvgIpc) is 2.83. The second kappa shape index (κ2) is 8.80. The van der Waals surface area contributed by atoms with Gasteiger partial charge in [-0.1, -0.05) is 30.0 Å². The van der Waals surface area contributed by atoms with Gasteiger partial charge in [0.25, 0.3) is 5.69 Å². The van der Waals surface area contributed by atoms with Crippen LogP contribution in [0.1, 0.15) is 17.9 Å². The van der Waals surface area contributed by atoms with Gasteiger partial charge in [-0.25, -0.2) is 0 Å². The summed E-state index contributed by atoms with van der Waals surface area (Å²) in [6.45, 7) is 0.249. The molecule has 2 aromatic carbocycles. The predicted molar refractivity (Wildman–Crippen MR) is 119 cm³/mol. The Balaban J connectivity index is 1.70. The van der Waals surface area contributed by atoms with Gasteiger partial charge in [0.15, 0.2) is 0 Å². The number of nitrogens with zero attached hydrogens (tertiary/aromatic N) is 4. The molecule has 164 valence electrons. The van der Waals surface area contributed by atoms with Crippen molar-refractivity contribution in [3.8, 4) is 17.6 Å². The van der Waals surface area contributed by atoms with E-state index in [0.717, 1.165) is 5.69 Å². The zero-order valence-electron chi connectivity index (χ0n) is 17.5. The van der Waals surface area contributed by atoms with Crippen molar-refractivity contribution in [3.05, 3.63) is 68.7 Å². The van der Waals surface area contributed by atoms with Crippen LogP contribution in [0.25, 0.3) is 0 Å². The van der Waals surface area contributed by atoms with E-state index in [9.17, 15) is 20.2 Å². The summed E-state index contributed by atoms with van der Waals surface area (Å²) in [6, 6.07) is 13.9. The molecular weight excluding hydrogens is 432 g/mol. The minimum Gasteiger partial charge on any atom is -0.497 e. The molecule has 0 N–H and O–H groups in total. The third-order valence-electron chi connectivity index (χ3n) is 5.53. The standard InChI is InChI=1S/C22H20N4O5S/c1-30-14-7-8-19(20(9-14)31-2)24-12-25-21(27)10-16(17(11-23)22(25)32-13-24)15-5-3-4-6-18(15)26(28)29/h3-9,16H,10,12-13H2,1-2H3. The molecule has 1 fully saturated rings. The van der Waals surface area contributed by atoms with Crippen LogP contribution in [0, 0.1) is 21.4 Å². The molecule has 0 aromatic heterocycles. The Labute approximate surface area is 189 Å². The first-order valence-electron chi connectivity index (χ1n) is 9.76. The monoisotopic (exact) mass is 452 g/mol. The highest BCUT2D eigenvalue weighted by atomic mass is 32.2. The van der Waals surface area contributed by atoms with Crippen molar-refractivity contribution in [1.29, 1.82) is 5.26 Å². The molecule has 0 aliphatic carbocycles. The molecule has 2 aliphatic heterocycles. The summed E-state index contributed by atoms with van der Waals surface area (Å²) in [5.74, 6) is 0.919. The number of carbonyl (C=O) groups is 1. The van der Waals surface area contributed by atoms with Crippen LogP contribution in [0.3, 0.4) is 0 Å². The number of para-hydroxylation sites is 1. The minimum absolute atomic E-state index is 0.00854. The molecule has 2 aliphatic rings. The molecule has 1 unspecified atom stereocenters. The number of nitriles is 1. The van der Waals surface area contributed by atoms with Gasteiger partial charge in [0, 0.05) is 30.0 Å². The van der Waals surface area contributed by atoms with Crippen molar-refractivity contribution in [2.24, 2.45) is 0 Å². The van der Waals surface area contributed by atoms with Crippen LogP contribution in [0.5, 0.6) is 11.5 Å². The molecule has 9 nitrogen and oxygen atoms in total. The lowest BCUT2D eigenvalue weighted by Crippen LogP contribution is -2.47. The Morgan fingerprint density at radius 2 is 2.00 bits per heavy atom. The molecule has 1 atom stereocenters. The van der Waals surface area contributed by atoms with Gasteiger partial charge < -0.3 is 14.4 Å². The van der Waals surface area contributed by atoms with Crippen LogP contribution in [-0.4, -0.2) is 42.5 Å². The Bertz CT molecular complexity index is 1160. The van der Waals surface area contributed by atoms with Gasteiger partial charge in [-0.05, 0) is 12.1 Å². The van der Waals surface area contributed by atoms with Crippen LogP contribution in [0.15, 0.2) is 53.1 Å². The predicted octanol–water partition coefficient (Wildman–Crippen LogP) is 3.83. The number of nitro benzene ring substituents is 1. The maximum Gasteiger partial charge on any atom is 0.273 e. The third kappa shape index (κ3) is 3.71. The number of anilines is 1. The van der Waals surface area contributed by atoms with E-state index in [1.54, 1.807) is 43.4 Å². The second-order valence-corrected chi connectivity index (χ2v) is 8.15. The summed E-state index contributed by atoms with van der Waals surface area (Å²) >= 11 is 1.36. The minimum atomic E-state index is -0.644. The summed E-state index contributed by atoms with van der Waals surface area (Å²) in [4.78, 5) is 27.7. The molecule has 10 heteroatoms. The highest BCUT2D eigenvalue weighted by Gasteiger charge is 2.40. The molecule has 1 amide bonds. The Kier molecular flexibility index (Phi) is 5.92. The van der Waals surface area contributed by atoms with Crippen LogP contribution in [0.4, 0.5) is 11.4 Å². The van der Waals surface area contributed by atoms with Crippen molar-refractivity contribution in [1.82, 2.24) is 4.90 Å². The van der Waals surface area contributed by atoms with E-state index < -0.39 is 10.8 Å². The molecule has 0 spiro atoms. The first-order valence-corrected chi connectivity index (χ1v) is 10.7. The van der Waals surface area contributed by atoms with Gasteiger partial charge >= 0.3 is 0 Å². The van der Waals surface area contributed by atoms with Gasteiger partial charge in [0.05, 0.1) is 54.0 Å². The molecule has 0 saturated carbocycles. The maximum absolute atomic E-state index is 13.1. The van der Waals surface area contributed by atoms with Crippen LogP contribution >= 0.6 is 11.8 Å². The first-order chi connectivity index (χ1) is 15.5. The van der Waals surface area contributed by atoms with Gasteiger partial charge in [-0.3, -0.25) is 19.8 Å². The topological polar surface area (TPSA) is 109 Å². The number of carbonyl (C=O) groups excluding carboxylic acids is 1. The van der Waals surface area contributed by atoms with E-state index in [1.807, 2.05) is 17.0 Å². The number of methoxy groups -OCH3 is 2. The normalized spacial score (nSPS) is 18.2. The van der Waals surface area contributed by atoms with E-state index in [-0.39, 0.29) is 24.7 Å². The summed E-state index contributed by atoms with van der Waals surface area (Å²) in [7, 11) is 3.14. The number of hydrogen-bond donors (Lipinski definition) is 0. The second-order valence-electron chi connectivity index (χ2n) is 7.22. The number of ether oxygens (including phenoxy) is 2. The number of thioether (sulfide) groups is 1. The van der Waals surface area contributed by atoms with Gasteiger partial charge in [-0.2, -0.15) is 5.26 Å². The van der Waals surface area contributed by atoms with E-state index in [4.69, 9.17) is 9.47 Å². The summed E-state index contributed by atoms with van der Waals surface area (Å²) in [6.07, 6.45) is -0.00854. The lowest BCUT2D eigenvalue weighted by molar-refractivity contribution is -0.385. The lowest BCUT2D eigenvalue weighted by Gasteiger charge is -2.42. The fourth-order valence-corrected chi connectivity index (χ4v) is 5.13. The van der Waals surface area contributed by atoms with E-state index in [1.165, 1.54) is 17.8 Å². The van der Waals surface area contributed by atoms with Gasteiger partial charge in [0.2, 0.25) is 5.91 Å².